The average molecular weight is 253 g/mol. The van der Waals surface area contributed by atoms with E-state index in [1.54, 1.807) is 6.07 Å². The molecule has 7 heteroatoms. The van der Waals surface area contributed by atoms with Crippen molar-refractivity contribution in [3.63, 3.8) is 0 Å². The zero-order chi connectivity index (χ0) is 12.1. The summed E-state index contributed by atoms with van der Waals surface area (Å²) < 4.78 is 4.79. The Labute approximate surface area is 102 Å². The lowest BCUT2D eigenvalue weighted by Crippen LogP contribution is -2.26. The van der Waals surface area contributed by atoms with Crippen LogP contribution in [0.25, 0.3) is 0 Å². The minimum absolute atomic E-state index is 0.275. The number of pyridine rings is 1. The van der Waals surface area contributed by atoms with E-state index in [1.807, 2.05) is 0 Å². The van der Waals surface area contributed by atoms with Gasteiger partial charge in [0.2, 0.25) is 5.89 Å². The van der Waals surface area contributed by atoms with Gasteiger partial charge in [0.25, 0.3) is 5.91 Å². The van der Waals surface area contributed by atoms with Crippen LogP contribution >= 0.6 is 11.6 Å². The first-order valence-electron chi connectivity index (χ1n) is 4.90. The molecule has 0 aliphatic carbocycles. The summed E-state index contributed by atoms with van der Waals surface area (Å²) in [6.45, 7) is 0.395. The Hall–Kier alpha value is -1.95. The highest BCUT2D eigenvalue weighted by Crippen LogP contribution is 2.12. The third-order valence-corrected chi connectivity index (χ3v) is 2.37. The first kappa shape index (κ1) is 11.5. The van der Waals surface area contributed by atoms with Crippen LogP contribution in [0.5, 0.6) is 0 Å². The molecule has 88 valence electrons. The molecule has 0 aliphatic heterocycles. The molecule has 0 bridgehead atoms. The van der Waals surface area contributed by atoms with Gasteiger partial charge in [0.1, 0.15) is 0 Å². The molecule has 0 fully saturated rings. The van der Waals surface area contributed by atoms with Crippen LogP contribution in [0.2, 0.25) is 5.02 Å². The third kappa shape index (κ3) is 3.01. The van der Waals surface area contributed by atoms with Crippen molar-refractivity contribution in [2.24, 2.45) is 0 Å². The van der Waals surface area contributed by atoms with Gasteiger partial charge in [-0.05, 0) is 6.07 Å². The SMILES string of the molecule is O=C(NCCc1ncno1)c1cnccc1Cl. The Morgan fingerprint density at radius 1 is 1.53 bits per heavy atom. The molecule has 0 aliphatic rings. The fourth-order valence-corrected chi connectivity index (χ4v) is 1.42. The predicted octanol–water partition coefficient (Wildman–Crippen LogP) is 1.09. The lowest BCUT2D eigenvalue weighted by atomic mass is 10.2. The third-order valence-electron chi connectivity index (χ3n) is 2.04. The van der Waals surface area contributed by atoms with Crippen molar-refractivity contribution in [2.45, 2.75) is 6.42 Å². The van der Waals surface area contributed by atoms with E-state index in [4.69, 9.17) is 16.1 Å². The molecule has 1 amide bonds. The number of halogens is 1. The molecule has 0 aromatic carbocycles. The van der Waals surface area contributed by atoms with Gasteiger partial charge < -0.3 is 9.84 Å². The van der Waals surface area contributed by atoms with Crippen LogP contribution in [0.1, 0.15) is 16.2 Å². The Morgan fingerprint density at radius 2 is 2.41 bits per heavy atom. The van der Waals surface area contributed by atoms with Crippen LogP contribution in [0.4, 0.5) is 0 Å². The van der Waals surface area contributed by atoms with Gasteiger partial charge in [0.05, 0.1) is 10.6 Å². The topological polar surface area (TPSA) is 80.9 Å². The lowest BCUT2D eigenvalue weighted by Gasteiger charge is -2.04. The van der Waals surface area contributed by atoms with Crippen molar-refractivity contribution in [1.82, 2.24) is 20.4 Å². The van der Waals surface area contributed by atoms with Gasteiger partial charge in [-0.3, -0.25) is 9.78 Å². The number of nitrogens with zero attached hydrogens (tertiary/aromatic N) is 3. The van der Waals surface area contributed by atoms with Gasteiger partial charge in [-0.2, -0.15) is 4.98 Å². The minimum atomic E-state index is -0.275. The molecule has 1 N–H and O–H groups in total. The smallest absolute Gasteiger partial charge is 0.254 e. The molecular weight excluding hydrogens is 244 g/mol. The molecule has 0 spiro atoms. The van der Waals surface area contributed by atoms with E-state index in [9.17, 15) is 4.79 Å². The molecular formula is C10H9ClN4O2. The monoisotopic (exact) mass is 252 g/mol. The molecule has 6 nitrogen and oxygen atoms in total. The lowest BCUT2D eigenvalue weighted by molar-refractivity contribution is 0.0953. The molecule has 2 rings (SSSR count). The quantitative estimate of drug-likeness (QED) is 0.881. The highest BCUT2D eigenvalue weighted by atomic mass is 35.5. The summed E-state index contributed by atoms with van der Waals surface area (Å²) in [5, 5.41) is 6.52. The molecule has 2 aromatic heterocycles. The molecule has 17 heavy (non-hydrogen) atoms. The number of hydrogen-bond donors (Lipinski definition) is 1. The summed E-state index contributed by atoms with van der Waals surface area (Å²) in [5.41, 5.74) is 0.347. The number of aromatic nitrogens is 3. The molecule has 0 saturated carbocycles. The zero-order valence-corrected chi connectivity index (χ0v) is 9.52. The second kappa shape index (κ2) is 5.40. The molecule has 0 saturated heterocycles. The summed E-state index contributed by atoms with van der Waals surface area (Å²) in [6, 6.07) is 1.56. The highest BCUT2D eigenvalue weighted by molar-refractivity contribution is 6.33. The molecule has 0 atom stereocenters. The molecule has 0 unspecified atom stereocenters. The maximum atomic E-state index is 11.7. The first-order valence-corrected chi connectivity index (χ1v) is 5.28. The minimum Gasteiger partial charge on any atom is -0.351 e. The van der Waals surface area contributed by atoms with Crippen molar-refractivity contribution in [3.8, 4) is 0 Å². The van der Waals surface area contributed by atoms with Crippen LogP contribution in [-0.4, -0.2) is 27.6 Å². The first-order chi connectivity index (χ1) is 8.27. The highest BCUT2D eigenvalue weighted by Gasteiger charge is 2.09. The Kier molecular flexibility index (Phi) is 3.66. The average Bonchev–Trinajstić information content (AvgIpc) is 2.82. The van der Waals surface area contributed by atoms with E-state index >= 15 is 0 Å². The van der Waals surface area contributed by atoms with E-state index in [-0.39, 0.29) is 5.91 Å². The number of carbonyl (C=O) groups excluding carboxylic acids is 1. The Bertz CT molecular complexity index is 501. The second-order valence-electron chi connectivity index (χ2n) is 3.20. The van der Waals surface area contributed by atoms with Crippen LogP contribution in [0.3, 0.4) is 0 Å². The summed E-state index contributed by atoms with van der Waals surface area (Å²) in [5.74, 6) is 0.199. The van der Waals surface area contributed by atoms with E-state index in [0.717, 1.165) is 0 Å². The Morgan fingerprint density at radius 3 is 3.12 bits per heavy atom. The summed E-state index contributed by atoms with van der Waals surface area (Å²) in [4.78, 5) is 19.4. The van der Waals surface area contributed by atoms with Gasteiger partial charge in [-0.25, -0.2) is 0 Å². The molecule has 0 radical (unpaired) electrons. The van der Waals surface area contributed by atoms with Gasteiger partial charge >= 0.3 is 0 Å². The second-order valence-corrected chi connectivity index (χ2v) is 3.60. The van der Waals surface area contributed by atoms with Crippen LogP contribution in [0, 0.1) is 0 Å². The van der Waals surface area contributed by atoms with Gasteiger partial charge in [0.15, 0.2) is 6.33 Å². The number of rotatable bonds is 4. The van der Waals surface area contributed by atoms with Crippen molar-refractivity contribution in [3.05, 3.63) is 41.3 Å². The standard InChI is InChI=1S/C10H9ClN4O2/c11-8-1-3-12-5-7(8)10(16)13-4-2-9-14-6-15-17-9/h1,3,5-6H,2,4H2,(H,13,16). The van der Waals surface area contributed by atoms with E-state index in [0.29, 0.717) is 29.4 Å². The number of hydrogen-bond acceptors (Lipinski definition) is 5. The number of nitrogens with one attached hydrogen (secondary N) is 1. The largest absolute Gasteiger partial charge is 0.351 e. The molecule has 2 heterocycles. The fourth-order valence-electron chi connectivity index (χ4n) is 1.23. The number of amides is 1. The van der Waals surface area contributed by atoms with Crippen LogP contribution in [0.15, 0.2) is 29.3 Å². The maximum Gasteiger partial charge on any atom is 0.254 e. The van der Waals surface area contributed by atoms with Crippen molar-refractivity contribution < 1.29 is 9.32 Å². The summed E-state index contributed by atoms with van der Waals surface area (Å²) in [7, 11) is 0. The van der Waals surface area contributed by atoms with Crippen LogP contribution in [-0.2, 0) is 6.42 Å². The van der Waals surface area contributed by atoms with Crippen LogP contribution < -0.4 is 5.32 Å². The maximum absolute atomic E-state index is 11.7. The normalized spacial score (nSPS) is 10.2. The molecule has 2 aromatic rings. The van der Waals surface area contributed by atoms with Crippen molar-refractivity contribution in [2.75, 3.05) is 6.54 Å². The van der Waals surface area contributed by atoms with Crippen molar-refractivity contribution in [1.29, 1.82) is 0 Å². The van der Waals surface area contributed by atoms with Crippen molar-refractivity contribution >= 4 is 17.5 Å². The Balaban J connectivity index is 1.88. The summed E-state index contributed by atoms with van der Waals surface area (Å²) in [6.07, 6.45) is 4.74. The van der Waals surface area contributed by atoms with E-state index in [2.05, 4.69) is 20.4 Å². The zero-order valence-electron chi connectivity index (χ0n) is 8.76. The van der Waals surface area contributed by atoms with E-state index in [1.165, 1.54) is 18.7 Å². The van der Waals surface area contributed by atoms with E-state index < -0.39 is 0 Å². The fraction of sp³-hybridized carbons (Fsp3) is 0.200. The van der Waals surface area contributed by atoms with Gasteiger partial charge in [-0.15, -0.1) is 0 Å². The van der Waals surface area contributed by atoms with Gasteiger partial charge in [0, 0.05) is 25.4 Å². The predicted molar refractivity (Wildman–Crippen MR) is 59.6 cm³/mol. The number of carbonyl (C=O) groups is 1. The van der Waals surface area contributed by atoms with Gasteiger partial charge in [-0.1, -0.05) is 16.8 Å². The summed E-state index contributed by atoms with van der Waals surface area (Å²) >= 11 is 5.86.